The highest BCUT2D eigenvalue weighted by Crippen LogP contribution is 2.28. The molecule has 0 aliphatic carbocycles. The molecule has 0 unspecified atom stereocenters. The van der Waals surface area contributed by atoms with Crippen LogP contribution in [0.3, 0.4) is 0 Å². The first-order valence-electron chi connectivity index (χ1n) is 4.38. The van der Waals surface area contributed by atoms with Gasteiger partial charge in [0.25, 0.3) is 0 Å². The molecule has 16 heavy (non-hydrogen) atoms. The largest absolute Gasteiger partial charge is 0.464 e. The number of hydrogen-bond donors (Lipinski definition) is 0. The van der Waals surface area contributed by atoms with Crippen molar-refractivity contribution >= 4 is 33.2 Å². The van der Waals surface area contributed by atoms with Gasteiger partial charge < -0.3 is 4.74 Å². The summed E-state index contributed by atoms with van der Waals surface area (Å²) in [5, 5.41) is 0. The second-order valence-electron chi connectivity index (χ2n) is 2.86. The van der Waals surface area contributed by atoms with Gasteiger partial charge in [-0.1, -0.05) is 0 Å². The molecule has 2 rings (SSSR count). The molecule has 6 heteroatoms. The van der Waals surface area contributed by atoms with E-state index < -0.39 is 5.97 Å². The van der Waals surface area contributed by atoms with Crippen LogP contribution in [0.4, 0.5) is 0 Å². The van der Waals surface area contributed by atoms with Crippen molar-refractivity contribution in [3.05, 3.63) is 33.9 Å². The van der Waals surface area contributed by atoms with E-state index in [4.69, 9.17) is 0 Å². The average Bonchev–Trinajstić information content (AvgIpc) is 2.75. The van der Waals surface area contributed by atoms with Crippen LogP contribution < -0.4 is 0 Å². The van der Waals surface area contributed by atoms with Gasteiger partial charge in [0.2, 0.25) is 0 Å². The topological polar surface area (TPSA) is 52.1 Å². The maximum atomic E-state index is 11.3. The third-order valence-electron chi connectivity index (χ3n) is 1.84. The minimum atomic E-state index is -0.459. The van der Waals surface area contributed by atoms with Crippen LogP contribution in [0.15, 0.2) is 28.2 Å². The van der Waals surface area contributed by atoms with Gasteiger partial charge in [0, 0.05) is 6.20 Å². The van der Waals surface area contributed by atoms with Crippen LogP contribution in [0.5, 0.6) is 0 Å². The quantitative estimate of drug-likeness (QED) is 0.800. The molecule has 2 aromatic heterocycles. The maximum absolute atomic E-state index is 11.3. The standard InChI is InChI=1S/C10H7BrN2O2S/c1-15-10(14)6-4-5-12-9(13-6)7-2-3-8(11)16-7/h2-5H,1H3. The van der Waals surface area contributed by atoms with Gasteiger partial charge in [-0.05, 0) is 34.1 Å². The number of methoxy groups -OCH3 is 1. The lowest BCUT2D eigenvalue weighted by molar-refractivity contribution is 0.0594. The first-order valence-corrected chi connectivity index (χ1v) is 5.98. The van der Waals surface area contributed by atoms with E-state index >= 15 is 0 Å². The molecule has 0 bridgehead atoms. The van der Waals surface area contributed by atoms with Gasteiger partial charge in [-0.25, -0.2) is 14.8 Å². The van der Waals surface area contributed by atoms with E-state index in [-0.39, 0.29) is 5.69 Å². The molecular weight excluding hydrogens is 292 g/mol. The van der Waals surface area contributed by atoms with Crippen molar-refractivity contribution in [1.29, 1.82) is 0 Å². The van der Waals surface area contributed by atoms with Crippen molar-refractivity contribution in [2.24, 2.45) is 0 Å². The summed E-state index contributed by atoms with van der Waals surface area (Å²) in [5.74, 6) is 0.0675. The molecular formula is C10H7BrN2O2S. The second kappa shape index (κ2) is 4.71. The van der Waals surface area contributed by atoms with Crippen molar-refractivity contribution in [2.75, 3.05) is 7.11 Å². The monoisotopic (exact) mass is 298 g/mol. The minimum Gasteiger partial charge on any atom is -0.464 e. The Morgan fingerprint density at radius 2 is 2.25 bits per heavy atom. The highest BCUT2D eigenvalue weighted by atomic mass is 79.9. The van der Waals surface area contributed by atoms with Gasteiger partial charge in [-0.3, -0.25) is 0 Å². The van der Waals surface area contributed by atoms with Crippen molar-refractivity contribution in [3.63, 3.8) is 0 Å². The minimum absolute atomic E-state index is 0.261. The zero-order valence-corrected chi connectivity index (χ0v) is 10.7. The lowest BCUT2D eigenvalue weighted by Crippen LogP contribution is -2.05. The van der Waals surface area contributed by atoms with Crippen LogP contribution in [0.2, 0.25) is 0 Å². The Balaban J connectivity index is 2.39. The molecule has 2 aromatic rings. The SMILES string of the molecule is COC(=O)c1ccnc(-c2ccc(Br)s2)n1. The molecule has 0 aromatic carbocycles. The van der Waals surface area contributed by atoms with Crippen LogP contribution >= 0.6 is 27.3 Å². The summed E-state index contributed by atoms with van der Waals surface area (Å²) in [6.07, 6.45) is 1.54. The average molecular weight is 299 g/mol. The van der Waals surface area contributed by atoms with Crippen LogP contribution in [0, 0.1) is 0 Å². The number of halogens is 1. The summed E-state index contributed by atoms with van der Waals surface area (Å²) in [6.45, 7) is 0. The third-order valence-corrected chi connectivity index (χ3v) is 3.46. The third kappa shape index (κ3) is 2.28. The summed E-state index contributed by atoms with van der Waals surface area (Å²) >= 11 is 4.87. The van der Waals surface area contributed by atoms with E-state index in [1.165, 1.54) is 24.5 Å². The number of hydrogen-bond acceptors (Lipinski definition) is 5. The molecule has 0 aliphatic heterocycles. The van der Waals surface area contributed by atoms with Crippen LogP contribution in [-0.2, 0) is 4.74 Å². The van der Waals surface area contributed by atoms with E-state index in [1.54, 1.807) is 6.20 Å². The van der Waals surface area contributed by atoms with E-state index in [9.17, 15) is 4.79 Å². The molecule has 0 radical (unpaired) electrons. The highest BCUT2D eigenvalue weighted by Gasteiger charge is 2.10. The Labute approximate surface area is 104 Å². The predicted molar refractivity (Wildman–Crippen MR) is 64.4 cm³/mol. The lowest BCUT2D eigenvalue weighted by atomic mass is 10.4. The van der Waals surface area contributed by atoms with Gasteiger partial charge in [-0.2, -0.15) is 0 Å². The van der Waals surface area contributed by atoms with E-state index in [2.05, 4.69) is 30.6 Å². The maximum Gasteiger partial charge on any atom is 0.356 e. The van der Waals surface area contributed by atoms with Gasteiger partial charge in [0.15, 0.2) is 11.5 Å². The Morgan fingerprint density at radius 1 is 1.44 bits per heavy atom. The van der Waals surface area contributed by atoms with Gasteiger partial charge >= 0.3 is 5.97 Å². The molecule has 0 aliphatic rings. The zero-order valence-electron chi connectivity index (χ0n) is 8.31. The predicted octanol–water partition coefficient (Wildman–Crippen LogP) is 2.75. The van der Waals surface area contributed by atoms with Crippen molar-refractivity contribution in [3.8, 4) is 10.7 Å². The fourth-order valence-electron chi connectivity index (χ4n) is 1.13. The smallest absolute Gasteiger partial charge is 0.356 e. The van der Waals surface area contributed by atoms with E-state index in [0.29, 0.717) is 5.82 Å². The van der Waals surface area contributed by atoms with Gasteiger partial charge in [0.05, 0.1) is 15.8 Å². The van der Waals surface area contributed by atoms with Crippen molar-refractivity contribution in [1.82, 2.24) is 9.97 Å². The van der Waals surface area contributed by atoms with Crippen LogP contribution in [-0.4, -0.2) is 23.0 Å². The number of thiophene rings is 1. The van der Waals surface area contributed by atoms with Crippen LogP contribution in [0.25, 0.3) is 10.7 Å². The fourth-order valence-corrected chi connectivity index (χ4v) is 2.46. The van der Waals surface area contributed by atoms with Gasteiger partial charge in [-0.15, -0.1) is 11.3 Å². The van der Waals surface area contributed by atoms with E-state index in [1.807, 2.05) is 12.1 Å². The molecule has 2 heterocycles. The molecule has 0 fully saturated rings. The summed E-state index contributed by atoms with van der Waals surface area (Å²) in [5.41, 5.74) is 0.261. The van der Waals surface area contributed by atoms with Crippen LogP contribution in [0.1, 0.15) is 10.5 Å². The molecule has 4 nitrogen and oxygen atoms in total. The van der Waals surface area contributed by atoms with E-state index in [0.717, 1.165) is 8.66 Å². The van der Waals surface area contributed by atoms with Gasteiger partial charge in [0.1, 0.15) is 0 Å². The number of esters is 1. The zero-order chi connectivity index (χ0) is 11.5. The number of aromatic nitrogens is 2. The molecule has 0 atom stereocenters. The number of carbonyl (C=O) groups is 1. The number of rotatable bonds is 2. The Bertz CT molecular complexity index is 527. The summed E-state index contributed by atoms with van der Waals surface area (Å²) in [7, 11) is 1.33. The molecule has 0 saturated carbocycles. The normalized spacial score (nSPS) is 10.1. The Hall–Kier alpha value is -1.27. The first kappa shape index (κ1) is 11.2. The fraction of sp³-hybridized carbons (Fsp3) is 0.100. The van der Waals surface area contributed by atoms with Crippen molar-refractivity contribution < 1.29 is 9.53 Å². The summed E-state index contributed by atoms with van der Waals surface area (Å²) in [6, 6.07) is 5.33. The Kier molecular flexibility index (Phi) is 3.31. The highest BCUT2D eigenvalue weighted by molar-refractivity contribution is 9.11. The molecule has 0 spiro atoms. The first-order chi connectivity index (χ1) is 7.70. The number of nitrogens with zero attached hydrogens (tertiary/aromatic N) is 2. The molecule has 0 saturated heterocycles. The Morgan fingerprint density at radius 3 is 2.88 bits per heavy atom. The summed E-state index contributed by atoms with van der Waals surface area (Å²) < 4.78 is 5.59. The molecule has 0 N–H and O–H groups in total. The number of carbonyl (C=O) groups excluding carboxylic acids is 1. The van der Waals surface area contributed by atoms with Crippen molar-refractivity contribution in [2.45, 2.75) is 0 Å². The lowest BCUT2D eigenvalue weighted by Gasteiger charge is -1.99. The summed E-state index contributed by atoms with van der Waals surface area (Å²) in [4.78, 5) is 20.4. The molecule has 0 amide bonds. The second-order valence-corrected chi connectivity index (χ2v) is 5.32. The molecule has 82 valence electrons. The number of ether oxygens (including phenoxy) is 1.